The number of aryl methyl sites for hydroxylation is 1. The van der Waals surface area contributed by atoms with Gasteiger partial charge >= 0.3 is 0 Å². The molecular weight excluding hydrogens is 417 g/mol. The molecule has 0 fully saturated rings. The fourth-order valence-electron chi connectivity index (χ4n) is 2.07. The highest BCUT2D eigenvalue weighted by molar-refractivity contribution is 14.0. The van der Waals surface area contributed by atoms with Gasteiger partial charge in [-0.1, -0.05) is 17.7 Å². The molecule has 0 radical (unpaired) electrons. The van der Waals surface area contributed by atoms with Crippen molar-refractivity contribution >= 4 is 29.9 Å². The number of rotatable bonds is 10. The Balaban J connectivity index is 0.00000529. The van der Waals surface area contributed by atoms with E-state index in [9.17, 15) is 0 Å². The van der Waals surface area contributed by atoms with Gasteiger partial charge < -0.3 is 20.1 Å². The quantitative estimate of drug-likeness (QED) is 0.249. The molecule has 0 aliphatic carbocycles. The van der Waals surface area contributed by atoms with Gasteiger partial charge in [-0.25, -0.2) is 0 Å². The number of aliphatic imine (C=N–C) groups is 1. The average Bonchev–Trinajstić information content (AvgIpc) is 2.52. The van der Waals surface area contributed by atoms with Crippen molar-refractivity contribution in [1.82, 2.24) is 10.6 Å². The van der Waals surface area contributed by atoms with Crippen LogP contribution in [0, 0.1) is 6.92 Å². The Bertz CT molecular complexity index is 452. The van der Waals surface area contributed by atoms with Crippen LogP contribution in [0.15, 0.2) is 29.3 Å². The van der Waals surface area contributed by atoms with E-state index in [-0.39, 0.29) is 30.0 Å². The SMILES string of the molecule is CCNC(=NCCCCOc1ccc(C)cc1)NC(C)COC.I. The first kappa shape index (κ1) is 23.0. The van der Waals surface area contributed by atoms with Gasteiger partial charge in [0.2, 0.25) is 0 Å². The molecule has 0 saturated carbocycles. The first-order valence-corrected chi connectivity index (χ1v) is 8.39. The van der Waals surface area contributed by atoms with E-state index in [2.05, 4.69) is 48.5 Å². The van der Waals surface area contributed by atoms with E-state index < -0.39 is 0 Å². The number of unbranched alkanes of at least 4 members (excludes halogenated alkanes) is 1. The van der Waals surface area contributed by atoms with Gasteiger partial charge in [0.25, 0.3) is 0 Å². The normalized spacial score (nSPS) is 12.2. The minimum atomic E-state index is 0. The Morgan fingerprint density at radius 2 is 1.92 bits per heavy atom. The van der Waals surface area contributed by atoms with Crippen LogP contribution in [0.1, 0.15) is 32.3 Å². The molecule has 0 amide bonds. The monoisotopic (exact) mass is 449 g/mol. The zero-order chi connectivity index (χ0) is 16.9. The summed E-state index contributed by atoms with van der Waals surface area (Å²) in [6, 6.07) is 8.39. The summed E-state index contributed by atoms with van der Waals surface area (Å²) in [5, 5.41) is 6.57. The Morgan fingerprint density at radius 3 is 2.54 bits per heavy atom. The zero-order valence-corrected chi connectivity index (χ0v) is 17.6. The van der Waals surface area contributed by atoms with E-state index in [4.69, 9.17) is 9.47 Å². The molecule has 1 aromatic carbocycles. The number of guanidine groups is 1. The number of benzene rings is 1. The van der Waals surface area contributed by atoms with Crippen LogP contribution < -0.4 is 15.4 Å². The summed E-state index contributed by atoms with van der Waals surface area (Å²) in [7, 11) is 1.70. The van der Waals surface area contributed by atoms with Crippen LogP contribution in [0.5, 0.6) is 5.75 Å². The topological polar surface area (TPSA) is 54.9 Å². The third kappa shape index (κ3) is 10.7. The van der Waals surface area contributed by atoms with Crippen molar-refractivity contribution in [2.24, 2.45) is 4.99 Å². The van der Waals surface area contributed by atoms with Gasteiger partial charge in [0.15, 0.2) is 5.96 Å². The maximum Gasteiger partial charge on any atom is 0.191 e. The predicted molar refractivity (Wildman–Crippen MR) is 112 cm³/mol. The molecule has 5 nitrogen and oxygen atoms in total. The summed E-state index contributed by atoms with van der Waals surface area (Å²) in [6.07, 6.45) is 1.99. The fraction of sp³-hybridized carbons (Fsp3) is 0.611. The van der Waals surface area contributed by atoms with E-state index in [1.807, 2.05) is 12.1 Å². The van der Waals surface area contributed by atoms with E-state index >= 15 is 0 Å². The molecule has 0 aromatic heterocycles. The highest BCUT2D eigenvalue weighted by Gasteiger charge is 2.03. The molecule has 138 valence electrons. The molecule has 0 aliphatic heterocycles. The number of ether oxygens (including phenoxy) is 2. The van der Waals surface area contributed by atoms with Crippen molar-refractivity contribution < 1.29 is 9.47 Å². The maximum absolute atomic E-state index is 5.72. The van der Waals surface area contributed by atoms with Gasteiger partial charge in [0, 0.05) is 26.2 Å². The highest BCUT2D eigenvalue weighted by atomic mass is 127. The van der Waals surface area contributed by atoms with E-state index in [0.717, 1.165) is 44.2 Å². The lowest BCUT2D eigenvalue weighted by Crippen LogP contribution is -2.44. The molecule has 1 unspecified atom stereocenters. The second-order valence-corrected chi connectivity index (χ2v) is 5.63. The van der Waals surface area contributed by atoms with Gasteiger partial charge in [-0.05, 0) is 45.7 Å². The Kier molecular flexibility index (Phi) is 13.7. The van der Waals surface area contributed by atoms with Crippen molar-refractivity contribution in [3.05, 3.63) is 29.8 Å². The molecule has 0 bridgehead atoms. The zero-order valence-electron chi connectivity index (χ0n) is 15.3. The average molecular weight is 449 g/mol. The van der Waals surface area contributed by atoms with Crippen LogP contribution >= 0.6 is 24.0 Å². The lowest BCUT2D eigenvalue weighted by Gasteiger charge is -2.16. The third-order valence-electron chi connectivity index (χ3n) is 3.26. The molecule has 24 heavy (non-hydrogen) atoms. The van der Waals surface area contributed by atoms with E-state index in [1.54, 1.807) is 7.11 Å². The number of hydrogen-bond donors (Lipinski definition) is 2. The van der Waals surface area contributed by atoms with Gasteiger partial charge in [0.1, 0.15) is 5.75 Å². The number of nitrogens with one attached hydrogen (secondary N) is 2. The van der Waals surface area contributed by atoms with E-state index in [0.29, 0.717) is 6.61 Å². The third-order valence-corrected chi connectivity index (χ3v) is 3.26. The lowest BCUT2D eigenvalue weighted by molar-refractivity contribution is 0.179. The molecule has 2 N–H and O–H groups in total. The maximum atomic E-state index is 5.72. The predicted octanol–water partition coefficient (Wildman–Crippen LogP) is 3.36. The summed E-state index contributed by atoms with van der Waals surface area (Å²) in [4.78, 5) is 4.58. The lowest BCUT2D eigenvalue weighted by atomic mass is 10.2. The summed E-state index contributed by atoms with van der Waals surface area (Å²) < 4.78 is 10.8. The first-order valence-electron chi connectivity index (χ1n) is 8.39. The van der Waals surface area contributed by atoms with Gasteiger partial charge in [-0.2, -0.15) is 0 Å². The Morgan fingerprint density at radius 1 is 1.21 bits per heavy atom. The number of nitrogens with zero attached hydrogens (tertiary/aromatic N) is 1. The van der Waals surface area contributed by atoms with Crippen molar-refractivity contribution in [2.75, 3.05) is 33.4 Å². The van der Waals surface area contributed by atoms with Crippen LogP contribution in [0.25, 0.3) is 0 Å². The van der Waals surface area contributed by atoms with Crippen molar-refractivity contribution in [3.63, 3.8) is 0 Å². The van der Waals surface area contributed by atoms with E-state index in [1.165, 1.54) is 5.56 Å². The van der Waals surface area contributed by atoms with Gasteiger partial charge in [-0.3, -0.25) is 4.99 Å². The molecule has 0 aliphatic rings. The summed E-state index contributed by atoms with van der Waals surface area (Å²) in [5.74, 6) is 1.78. The second kappa shape index (κ2) is 14.3. The van der Waals surface area contributed by atoms with Crippen molar-refractivity contribution in [2.45, 2.75) is 39.7 Å². The Labute approximate surface area is 163 Å². The molecule has 0 saturated heterocycles. The molecule has 1 rings (SSSR count). The number of hydrogen-bond acceptors (Lipinski definition) is 3. The van der Waals surface area contributed by atoms with Crippen molar-refractivity contribution in [1.29, 1.82) is 0 Å². The number of methoxy groups -OCH3 is 1. The molecule has 1 aromatic rings. The minimum absolute atomic E-state index is 0. The van der Waals surface area contributed by atoms with Gasteiger partial charge in [0.05, 0.1) is 13.2 Å². The molecule has 0 heterocycles. The minimum Gasteiger partial charge on any atom is -0.494 e. The molecular formula is C18H32IN3O2. The van der Waals surface area contributed by atoms with Crippen LogP contribution in [0.4, 0.5) is 0 Å². The standard InChI is InChI=1S/C18H31N3O2.HI/c1-5-19-18(21-16(3)14-22-4)20-12-6-7-13-23-17-10-8-15(2)9-11-17;/h8-11,16H,5-7,12-14H2,1-4H3,(H2,19,20,21);1H. The van der Waals surface area contributed by atoms with Crippen LogP contribution in [-0.2, 0) is 4.74 Å². The summed E-state index contributed by atoms with van der Waals surface area (Å²) >= 11 is 0. The second-order valence-electron chi connectivity index (χ2n) is 5.63. The van der Waals surface area contributed by atoms with Gasteiger partial charge in [-0.15, -0.1) is 24.0 Å². The van der Waals surface area contributed by atoms with Crippen LogP contribution in [0.2, 0.25) is 0 Å². The summed E-state index contributed by atoms with van der Waals surface area (Å²) in [5.41, 5.74) is 1.25. The largest absolute Gasteiger partial charge is 0.494 e. The fourth-order valence-corrected chi connectivity index (χ4v) is 2.07. The Hall–Kier alpha value is -1.02. The highest BCUT2D eigenvalue weighted by Crippen LogP contribution is 2.11. The summed E-state index contributed by atoms with van der Waals surface area (Å²) in [6.45, 7) is 9.23. The molecule has 6 heteroatoms. The first-order chi connectivity index (χ1) is 11.2. The molecule has 1 atom stereocenters. The van der Waals surface area contributed by atoms with Crippen LogP contribution in [0.3, 0.4) is 0 Å². The van der Waals surface area contributed by atoms with Crippen LogP contribution in [-0.4, -0.2) is 45.4 Å². The smallest absolute Gasteiger partial charge is 0.191 e. The number of halogens is 1. The molecule has 0 spiro atoms. The van der Waals surface area contributed by atoms with Crippen molar-refractivity contribution in [3.8, 4) is 5.75 Å².